The van der Waals surface area contributed by atoms with Crippen LogP contribution in [0.4, 0.5) is 5.69 Å². The highest BCUT2D eigenvalue weighted by Crippen LogP contribution is 2.15. The lowest BCUT2D eigenvalue weighted by atomic mass is 10.1. The fourth-order valence-corrected chi connectivity index (χ4v) is 2.54. The quantitative estimate of drug-likeness (QED) is 0.529. The van der Waals surface area contributed by atoms with Crippen LogP contribution in [-0.4, -0.2) is 24.3 Å². The number of anilines is 1. The minimum absolute atomic E-state index is 0.249. The van der Waals surface area contributed by atoms with Gasteiger partial charge in [-0.25, -0.2) is 0 Å². The Morgan fingerprint density at radius 2 is 1.37 bits per heavy atom. The number of hydrazine groups is 1. The summed E-state index contributed by atoms with van der Waals surface area (Å²) in [5.41, 5.74) is 5.96. The van der Waals surface area contributed by atoms with E-state index in [-0.39, 0.29) is 12.5 Å². The van der Waals surface area contributed by atoms with E-state index in [0.29, 0.717) is 27.6 Å². The number of carbonyl (C=O) groups excluding carboxylic acids is 3. The Kier molecular flexibility index (Phi) is 7.02. The summed E-state index contributed by atoms with van der Waals surface area (Å²) in [5, 5.41) is 3.31. The molecular weight excluding hydrogens is 406 g/mol. The number of halogens is 1. The van der Waals surface area contributed by atoms with Gasteiger partial charge in [-0.1, -0.05) is 29.8 Å². The molecule has 0 aromatic heterocycles. The van der Waals surface area contributed by atoms with Crippen molar-refractivity contribution in [3.05, 3.63) is 95.0 Å². The normalized spacial score (nSPS) is 10.0. The first kappa shape index (κ1) is 20.9. The highest BCUT2D eigenvalue weighted by Gasteiger charge is 2.09. The maximum absolute atomic E-state index is 12.1. The molecule has 3 N–H and O–H groups in total. The number of carbonyl (C=O) groups is 3. The third-order valence-corrected chi connectivity index (χ3v) is 4.19. The van der Waals surface area contributed by atoms with Crippen LogP contribution in [-0.2, 0) is 4.79 Å². The average Bonchev–Trinajstić information content (AvgIpc) is 2.78. The maximum atomic E-state index is 12.1. The smallest absolute Gasteiger partial charge is 0.276 e. The van der Waals surface area contributed by atoms with Crippen molar-refractivity contribution in [1.82, 2.24) is 10.9 Å². The number of hydrogen-bond acceptors (Lipinski definition) is 4. The van der Waals surface area contributed by atoms with E-state index >= 15 is 0 Å². The molecule has 0 radical (unpaired) electrons. The second-order valence-corrected chi connectivity index (χ2v) is 6.58. The van der Waals surface area contributed by atoms with Gasteiger partial charge in [0.15, 0.2) is 6.61 Å². The first-order chi connectivity index (χ1) is 14.5. The Balaban J connectivity index is 1.45. The van der Waals surface area contributed by atoms with Gasteiger partial charge in [0, 0.05) is 21.8 Å². The molecule has 3 rings (SSSR count). The Morgan fingerprint density at radius 1 is 0.733 bits per heavy atom. The van der Waals surface area contributed by atoms with Gasteiger partial charge in [0.05, 0.1) is 0 Å². The topological polar surface area (TPSA) is 96.5 Å². The summed E-state index contributed by atoms with van der Waals surface area (Å²) in [7, 11) is 0. The standard InChI is InChI=1S/C22H18ClN3O4/c23-17-8-12-19(13-9-17)30-14-20(27)25-26-22(29)16-6-10-18(11-7-16)24-21(28)15-4-2-1-3-5-15/h1-13H,14H2,(H,24,28)(H,25,27)(H,26,29). The molecule has 0 unspecified atom stereocenters. The lowest BCUT2D eigenvalue weighted by molar-refractivity contribution is -0.123. The van der Waals surface area contributed by atoms with Crippen molar-refractivity contribution in [2.75, 3.05) is 11.9 Å². The third-order valence-electron chi connectivity index (χ3n) is 3.94. The molecule has 7 nitrogen and oxygen atoms in total. The Morgan fingerprint density at radius 3 is 2.03 bits per heavy atom. The minimum atomic E-state index is -0.523. The molecule has 3 aromatic rings. The Labute approximate surface area is 178 Å². The van der Waals surface area contributed by atoms with Crippen molar-refractivity contribution in [2.45, 2.75) is 0 Å². The van der Waals surface area contributed by atoms with Crippen molar-refractivity contribution < 1.29 is 19.1 Å². The maximum Gasteiger partial charge on any atom is 0.276 e. The molecule has 0 saturated carbocycles. The highest BCUT2D eigenvalue weighted by molar-refractivity contribution is 6.30. The number of benzene rings is 3. The number of rotatable bonds is 6. The molecule has 30 heavy (non-hydrogen) atoms. The van der Waals surface area contributed by atoms with Gasteiger partial charge < -0.3 is 10.1 Å². The zero-order valence-corrected chi connectivity index (χ0v) is 16.5. The predicted octanol–water partition coefficient (Wildman–Crippen LogP) is 3.43. The molecule has 3 aromatic carbocycles. The number of nitrogens with one attached hydrogen (secondary N) is 3. The van der Waals surface area contributed by atoms with E-state index in [1.54, 1.807) is 60.7 Å². The molecule has 0 heterocycles. The lowest BCUT2D eigenvalue weighted by Crippen LogP contribution is -2.43. The monoisotopic (exact) mass is 423 g/mol. The fraction of sp³-hybridized carbons (Fsp3) is 0.0455. The molecule has 0 aliphatic carbocycles. The van der Waals surface area contributed by atoms with Gasteiger partial charge in [0.25, 0.3) is 17.7 Å². The van der Waals surface area contributed by atoms with Gasteiger partial charge in [-0.05, 0) is 60.7 Å². The van der Waals surface area contributed by atoms with E-state index in [4.69, 9.17) is 16.3 Å². The second kappa shape index (κ2) is 10.1. The van der Waals surface area contributed by atoms with Crippen LogP contribution in [0, 0.1) is 0 Å². The van der Waals surface area contributed by atoms with E-state index in [1.807, 2.05) is 6.07 Å². The predicted molar refractivity (Wildman–Crippen MR) is 113 cm³/mol. The van der Waals surface area contributed by atoms with Gasteiger partial charge >= 0.3 is 0 Å². The van der Waals surface area contributed by atoms with Crippen LogP contribution in [0.2, 0.25) is 5.02 Å². The van der Waals surface area contributed by atoms with Crippen LogP contribution >= 0.6 is 11.6 Å². The van der Waals surface area contributed by atoms with Gasteiger partial charge in [0.2, 0.25) is 0 Å². The van der Waals surface area contributed by atoms with Gasteiger partial charge in [-0.2, -0.15) is 0 Å². The Hall–Kier alpha value is -3.84. The van der Waals surface area contributed by atoms with Crippen LogP contribution < -0.4 is 20.9 Å². The molecule has 0 spiro atoms. The number of ether oxygens (including phenoxy) is 1. The molecule has 0 atom stereocenters. The van der Waals surface area contributed by atoms with E-state index in [2.05, 4.69) is 16.2 Å². The van der Waals surface area contributed by atoms with Crippen molar-refractivity contribution in [1.29, 1.82) is 0 Å². The van der Waals surface area contributed by atoms with Crippen LogP contribution in [0.3, 0.4) is 0 Å². The SMILES string of the molecule is O=C(COc1ccc(Cl)cc1)NNC(=O)c1ccc(NC(=O)c2ccccc2)cc1. The summed E-state index contributed by atoms with van der Waals surface area (Å²) in [6.45, 7) is -0.271. The van der Waals surface area contributed by atoms with Gasteiger partial charge in [-0.15, -0.1) is 0 Å². The molecule has 0 saturated heterocycles. The Bertz CT molecular complexity index is 1020. The largest absolute Gasteiger partial charge is 0.484 e. The van der Waals surface area contributed by atoms with Crippen LogP contribution in [0.15, 0.2) is 78.9 Å². The zero-order valence-electron chi connectivity index (χ0n) is 15.7. The van der Waals surface area contributed by atoms with E-state index in [9.17, 15) is 14.4 Å². The molecule has 0 aliphatic rings. The van der Waals surface area contributed by atoms with Crippen molar-refractivity contribution in [3.8, 4) is 5.75 Å². The number of hydrogen-bond donors (Lipinski definition) is 3. The van der Waals surface area contributed by atoms with E-state index in [0.717, 1.165) is 0 Å². The molecule has 8 heteroatoms. The zero-order chi connectivity index (χ0) is 21.3. The molecule has 152 valence electrons. The van der Waals surface area contributed by atoms with E-state index < -0.39 is 11.8 Å². The summed E-state index contributed by atoms with van der Waals surface area (Å²) in [6, 6.07) is 21.6. The minimum Gasteiger partial charge on any atom is -0.484 e. The molecular formula is C22H18ClN3O4. The third kappa shape index (κ3) is 6.08. The number of amides is 3. The first-order valence-corrected chi connectivity index (χ1v) is 9.33. The van der Waals surface area contributed by atoms with Crippen molar-refractivity contribution in [3.63, 3.8) is 0 Å². The van der Waals surface area contributed by atoms with Crippen molar-refractivity contribution in [2.24, 2.45) is 0 Å². The lowest BCUT2D eigenvalue weighted by Gasteiger charge is -2.10. The molecule has 0 bridgehead atoms. The van der Waals surface area contributed by atoms with Gasteiger partial charge in [0.1, 0.15) is 5.75 Å². The van der Waals surface area contributed by atoms with Crippen LogP contribution in [0.25, 0.3) is 0 Å². The second-order valence-electron chi connectivity index (χ2n) is 6.14. The van der Waals surface area contributed by atoms with Crippen molar-refractivity contribution >= 4 is 35.0 Å². The summed E-state index contributed by atoms with van der Waals surface area (Å²) < 4.78 is 5.29. The summed E-state index contributed by atoms with van der Waals surface area (Å²) in [5.74, 6) is -0.796. The molecule has 0 aliphatic heterocycles. The van der Waals surface area contributed by atoms with E-state index in [1.165, 1.54) is 12.1 Å². The fourth-order valence-electron chi connectivity index (χ4n) is 2.41. The van der Waals surface area contributed by atoms with Crippen LogP contribution in [0.5, 0.6) is 5.75 Å². The summed E-state index contributed by atoms with van der Waals surface area (Å²) >= 11 is 5.78. The van der Waals surface area contributed by atoms with Crippen LogP contribution in [0.1, 0.15) is 20.7 Å². The molecule has 3 amide bonds. The average molecular weight is 424 g/mol. The van der Waals surface area contributed by atoms with Gasteiger partial charge in [-0.3, -0.25) is 25.2 Å². The first-order valence-electron chi connectivity index (χ1n) is 8.95. The highest BCUT2D eigenvalue weighted by atomic mass is 35.5. The molecule has 0 fully saturated rings. The summed E-state index contributed by atoms with van der Waals surface area (Å²) in [4.78, 5) is 36.1. The summed E-state index contributed by atoms with van der Waals surface area (Å²) in [6.07, 6.45) is 0.